The lowest BCUT2D eigenvalue weighted by Crippen LogP contribution is -2.48. The molecule has 0 spiro atoms. The lowest BCUT2D eigenvalue weighted by atomic mass is 9.67. The molecular formula is C11H20O3. The SMILES string of the molecule is CC(C)C1(O)CCC(C(=O)O)C1(C)C. The van der Waals surface area contributed by atoms with Crippen molar-refractivity contribution < 1.29 is 15.0 Å². The van der Waals surface area contributed by atoms with Crippen LogP contribution in [0.3, 0.4) is 0 Å². The molecule has 14 heavy (non-hydrogen) atoms. The van der Waals surface area contributed by atoms with Gasteiger partial charge in [-0.3, -0.25) is 4.79 Å². The van der Waals surface area contributed by atoms with E-state index in [1.54, 1.807) is 0 Å². The largest absolute Gasteiger partial charge is 0.481 e. The van der Waals surface area contributed by atoms with Crippen molar-refractivity contribution in [3.05, 3.63) is 0 Å². The Morgan fingerprint density at radius 1 is 1.43 bits per heavy atom. The predicted molar refractivity (Wildman–Crippen MR) is 53.9 cm³/mol. The van der Waals surface area contributed by atoms with Crippen LogP contribution in [0.2, 0.25) is 0 Å². The van der Waals surface area contributed by atoms with Crippen molar-refractivity contribution in [3.8, 4) is 0 Å². The van der Waals surface area contributed by atoms with E-state index < -0.39 is 22.9 Å². The second-order valence-corrected chi connectivity index (χ2v) is 5.23. The first kappa shape index (κ1) is 11.5. The molecule has 0 aromatic carbocycles. The van der Waals surface area contributed by atoms with Crippen molar-refractivity contribution in [1.82, 2.24) is 0 Å². The molecule has 0 amide bonds. The maximum absolute atomic E-state index is 11.0. The van der Waals surface area contributed by atoms with E-state index in [-0.39, 0.29) is 5.92 Å². The Bertz CT molecular complexity index is 245. The minimum Gasteiger partial charge on any atom is -0.481 e. The molecule has 1 aliphatic rings. The highest BCUT2D eigenvalue weighted by molar-refractivity contribution is 5.71. The van der Waals surface area contributed by atoms with Crippen molar-refractivity contribution in [2.45, 2.75) is 46.1 Å². The Morgan fingerprint density at radius 3 is 2.14 bits per heavy atom. The van der Waals surface area contributed by atoms with Crippen LogP contribution in [-0.2, 0) is 4.79 Å². The highest BCUT2D eigenvalue weighted by Crippen LogP contribution is 2.53. The molecule has 3 heteroatoms. The van der Waals surface area contributed by atoms with Crippen molar-refractivity contribution >= 4 is 5.97 Å². The van der Waals surface area contributed by atoms with Gasteiger partial charge in [-0.1, -0.05) is 27.7 Å². The van der Waals surface area contributed by atoms with Crippen LogP contribution in [0.4, 0.5) is 0 Å². The minimum atomic E-state index is -0.837. The first-order valence-electron chi connectivity index (χ1n) is 5.18. The minimum absolute atomic E-state index is 0.0989. The number of aliphatic carboxylic acids is 1. The molecule has 0 bridgehead atoms. The van der Waals surface area contributed by atoms with Gasteiger partial charge in [0, 0.05) is 5.41 Å². The van der Waals surface area contributed by atoms with Gasteiger partial charge in [0.05, 0.1) is 11.5 Å². The molecule has 0 aliphatic heterocycles. The fourth-order valence-electron chi connectivity index (χ4n) is 2.81. The number of hydrogen-bond acceptors (Lipinski definition) is 2. The summed E-state index contributed by atoms with van der Waals surface area (Å²) in [6.07, 6.45) is 1.17. The summed E-state index contributed by atoms with van der Waals surface area (Å²) in [6.45, 7) is 7.62. The monoisotopic (exact) mass is 200 g/mol. The number of aliphatic hydroxyl groups is 1. The lowest BCUT2D eigenvalue weighted by molar-refractivity contribution is -0.152. The fourth-order valence-corrected chi connectivity index (χ4v) is 2.81. The molecule has 0 aromatic rings. The Balaban J connectivity index is 3.02. The molecule has 1 rings (SSSR count). The van der Waals surface area contributed by atoms with Gasteiger partial charge in [-0.2, -0.15) is 0 Å². The van der Waals surface area contributed by atoms with Gasteiger partial charge in [-0.05, 0) is 18.8 Å². The van der Waals surface area contributed by atoms with Crippen LogP contribution in [0, 0.1) is 17.3 Å². The summed E-state index contributed by atoms with van der Waals surface area (Å²) in [4.78, 5) is 11.0. The van der Waals surface area contributed by atoms with E-state index >= 15 is 0 Å². The van der Waals surface area contributed by atoms with E-state index in [1.807, 2.05) is 27.7 Å². The van der Waals surface area contributed by atoms with Crippen LogP contribution < -0.4 is 0 Å². The van der Waals surface area contributed by atoms with E-state index in [9.17, 15) is 9.90 Å². The van der Waals surface area contributed by atoms with Gasteiger partial charge in [0.1, 0.15) is 0 Å². The molecule has 1 fully saturated rings. The predicted octanol–water partition coefficient (Wildman–Crippen LogP) is 1.89. The Labute approximate surface area is 85.1 Å². The van der Waals surface area contributed by atoms with Crippen LogP contribution >= 0.6 is 0 Å². The molecule has 0 radical (unpaired) electrons. The van der Waals surface area contributed by atoms with Crippen molar-refractivity contribution in [2.24, 2.45) is 17.3 Å². The van der Waals surface area contributed by atoms with Gasteiger partial charge in [0.25, 0.3) is 0 Å². The number of carbonyl (C=O) groups is 1. The summed E-state index contributed by atoms with van der Waals surface area (Å²) >= 11 is 0. The van der Waals surface area contributed by atoms with Gasteiger partial charge in [0.15, 0.2) is 0 Å². The Hall–Kier alpha value is -0.570. The van der Waals surface area contributed by atoms with Gasteiger partial charge >= 0.3 is 5.97 Å². The average molecular weight is 200 g/mol. The molecule has 1 aliphatic carbocycles. The molecule has 2 atom stereocenters. The third-order valence-corrected chi connectivity index (χ3v) is 4.05. The molecule has 2 N–H and O–H groups in total. The molecule has 2 unspecified atom stereocenters. The standard InChI is InChI=1S/C11H20O3/c1-7(2)11(14)6-5-8(9(12)13)10(11,3)4/h7-8,14H,5-6H2,1-4H3,(H,12,13). The number of carboxylic acid groups (broad SMARTS) is 1. The quantitative estimate of drug-likeness (QED) is 0.715. The van der Waals surface area contributed by atoms with Gasteiger partial charge in [-0.15, -0.1) is 0 Å². The van der Waals surface area contributed by atoms with E-state index in [1.165, 1.54) is 0 Å². The van der Waals surface area contributed by atoms with Crippen molar-refractivity contribution in [3.63, 3.8) is 0 Å². The van der Waals surface area contributed by atoms with E-state index in [0.29, 0.717) is 12.8 Å². The molecule has 3 nitrogen and oxygen atoms in total. The second-order valence-electron chi connectivity index (χ2n) is 5.23. The Kier molecular flexibility index (Phi) is 2.65. The number of rotatable bonds is 2. The zero-order chi connectivity index (χ0) is 11.1. The molecule has 0 heterocycles. The summed E-state index contributed by atoms with van der Waals surface area (Å²) in [7, 11) is 0. The van der Waals surface area contributed by atoms with Crippen LogP contribution in [0.1, 0.15) is 40.5 Å². The molecule has 1 saturated carbocycles. The number of carboxylic acids is 1. The summed E-state index contributed by atoms with van der Waals surface area (Å²) in [5, 5.41) is 19.5. The molecule has 0 saturated heterocycles. The lowest BCUT2D eigenvalue weighted by Gasteiger charge is -2.42. The molecule has 0 aromatic heterocycles. The van der Waals surface area contributed by atoms with Gasteiger partial charge < -0.3 is 10.2 Å². The zero-order valence-corrected chi connectivity index (χ0v) is 9.37. The van der Waals surface area contributed by atoms with E-state index in [4.69, 9.17) is 5.11 Å². The normalized spacial score (nSPS) is 36.3. The average Bonchev–Trinajstić information content (AvgIpc) is 2.24. The third-order valence-electron chi connectivity index (χ3n) is 4.05. The van der Waals surface area contributed by atoms with E-state index in [0.717, 1.165) is 0 Å². The Morgan fingerprint density at radius 2 is 1.93 bits per heavy atom. The summed E-state index contributed by atoms with van der Waals surface area (Å²) in [5.41, 5.74) is -1.37. The smallest absolute Gasteiger partial charge is 0.307 e. The summed E-state index contributed by atoms with van der Waals surface area (Å²) in [5.74, 6) is -1.11. The first-order valence-corrected chi connectivity index (χ1v) is 5.18. The highest BCUT2D eigenvalue weighted by Gasteiger charge is 2.57. The van der Waals surface area contributed by atoms with Gasteiger partial charge in [-0.25, -0.2) is 0 Å². The maximum Gasteiger partial charge on any atom is 0.307 e. The summed E-state index contributed by atoms with van der Waals surface area (Å²) < 4.78 is 0. The molecule has 82 valence electrons. The third kappa shape index (κ3) is 1.34. The number of hydrogen-bond donors (Lipinski definition) is 2. The van der Waals surface area contributed by atoms with Crippen molar-refractivity contribution in [1.29, 1.82) is 0 Å². The van der Waals surface area contributed by atoms with Crippen LogP contribution in [-0.4, -0.2) is 21.8 Å². The van der Waals surface area contributed by atoms with Crippen LogP contribution in [0.25, 0.3) is 0 Å². The van der Waals surface area contributed by atoms with Crippen LogP contribution in [0.15, 0.2) is 0 Å². The van der Waals surface area contributed by atoms with Crippen LogP contribution in [0.5, 0.6) is 0 Å². The first-order chi connectivity index (χ1) is 6.23. The fraction of sp³-hybridized carbons (Fsp3) is 0.909. The van der Waals surface area contributed by atoms with E-state index in [2.05, 4.69) is 0 Å². The maximum atomic E-state index is 11.0. The highest BCUT2D eigenvalue weighted by atomic mass is 16.4. The summed E-state index contributed by atoms with van der Waals surface area (Å²) in [6, 6.07) is 0. The van der Waals surface area contributed by atoms with Gasteiger partial charge in [0.2, 0.25) is 0 Å². The topological polar surface area (TPSA) is 57.5 Å². The molecular weight excluding hydrogens is 180 g/mol. The zero-order valence-electron chi connectivity index (χ0n) is 9.37. The van der Waals surface area contributed by atoms with Crippen molar-refractivity contribution in [2.75, 3.05) is 0 Å². The second kappa shape index (κ2) is 3.23.